The molecule has 0 spiro atoms. The molecule has 1 amide bonds. The molecule has 0 fully saturated rings. The van der Waals surface area contributed by atoms with Crippen LogP contribution in [0, 0.1) is 0 Å². The van der Waals surface area contributed by atoms with Crippen molar-refractivity contribution in [3.8, 4) is 0 Å². The van der Waals surface area contributed by atoms with E-state index in [0.29, 0.717) is 5.82 Å². The second-order valence-corrected chi connectivity index (χ2v) is 5.07. The van der Waals surface area contributed by atoms with Crippen LogP contribution in [0.15, 0.2) is 23.7 Å². The van der Waals surface area contributed by atoms with Crippen molar-refractivity contribution in [1.29, 1.82) is 0 Å². The average molecular weight is 298 g/mol. The van der Waals surface area contributed by atoms with E-state index in [1.165, 1.54) is 11.3 Å². The van der Waals surface area contributed by atoms with E-state index in [9.17, 15) is 4.79 Å². The Bertz CT molecular complexity index is 574. The molecule has 0 aliphatic carbocycles. The van der Waals surface area contributed by atoms with Gasteiger partial charge in [-0.2, -0.15) is 0 Å². The van der Waals surface area contributed by atoms with Crippen molar-refractivity contribution in [3.05, 3.63) is 39.4 Å². The Morgan fingerprint density at radius 3 is 2.95 bits per heavy atom. The first-order valence-corrected chi connectivity index (χ1v) is 6.71. The Balaban J connectivity index is 2.16. The van der Waals surface area contributed by atoms with Gasteiger partial charge in [0.15, 0.2) is 0 Å². The highest BCUT2D eigenvalue weighted by atomic mass is 35.5. The predicted molar refractivity (Wildman–Crippen MR) is 75.1 cm³/mol. The van der Waals surface area contributed by atoms with Gasteiger partial charge in [-0.1, -0.05) is 11.6 Å². The molecule has 8 heteroatoms. The van der Waals surface area contributed by atoms with Gasteiger partial charge in [-0.3, -0.25) is 4.79 Å². The SMILES string of the molecule is CC(NC(=O)c1nc(NN)ccc1Cl)c1nccs1. The number of pyridine rings is 1. The minimum atomic E-state index is -0.371. The third-order valence-electron chi connectivity index (χ3n) is 2.38. The van der Waals surface area contributed by atoms with Gasteiger partial charge in [0.25, 0.3) is 5.91 Å². The fourth-order valence-electron chi connectivity index (χ4n) is 1.46. The largest absolute Gasteiger partial charge is 0.342 e. The molecular formula is C11H12ClN5OS. The minimum Gasteiger partial charge on any atom is -0.342 e. The lowest BCUT2D eigenvalue weighted by Gasteiger charge is -2.12. The second kappa shape index (κ2) is 5.96. The summed E-state index contributed by atoms with van der Waals surface area (Å²) in [5, 5.41) is 5.72. The normalized spacial score (nSPS) is 11.9. The molecular weight excluding hydrogens is 286 g/mol. The number of carbonyl (C=O) groups excluding carboxylic acids is 1. The lowest BCUT2D eigenvalue weighted by molar-refractivity contribution is 0.0935. The lowest BCUT2D eigenvalue weighted by atomic mass is 10.3. The summed E-state index contributed by atoms with van der Waals surface area (Å²) in [7, 11) is 0. The molecule has 100 valence electrons. The zero-order valence-corrected chi connectivity index (χ0v) is 11.6. The molecule has 0 aromatic carbocycles. The van der Waals surface area contributed by atoms with Gasteiger partial charge < -0.3 is 10.7 Å². The molecule has 0 saturated heterocycles. The van der Waals surface area contributed by atoms with Crippen molar-refractivity contribution in [2.24, 2.45) is 5.84 Å². The Morgan fingerprint density at radius 2 is 2.32 bits per heavy atom. The van der Waals surface area contributed by atoms with Crippen molar-refractivity contribution in [2.45, 2.75) is 13.0 Å². The molecule has 2 rings (SSSR count). The molecule has 0 radical (unpaired) electrons. The van der Waals surface area contributed by atoms with Crippen LogP contribution in [0.1, 0.15) is 28.5 Å². The Hall–Kier alpha value is -1.70. The molecule has 0 bridgehead atoms. The number of nitrogens with two attached hydrogens (primary N) is 1. The van der Waals surface area contributed by atoms with E-state index in [4.69, 9.17) is 17.4 Å². The zero-order chi connectivity index (χ0) is 13.8. The minimum absolute atomic E-state index is 0.125. The van der Waals surface area contributed by atoms with Crippen molar-refractivity contribution in [1.82, 2.24) is 15.3 Å². The standard InChI is InChI=1S/C11H12ClN5OS/c1-6(11-14-4-5-19-11)15-10(18)9-7(12)2-3-8(16-9)17-13/h2-6H,13H2,1H3,(H,15,18)(H,16,17). The van der Waals surface area contributed by atoms with E-state index >= 15 is 0 Å². The molecule has 2 heterocycles. The molecule has 1 unspecified atom stereocenters. The summed E-state index contributed by atoms with van der Waals surface area (Å²) in [5.74, 6) is 5.25. The summed E-state index contributed by atoms with van der Waals surface area (Å²) >= 11 is 7.42. The van der Waals surface area contributed by atoms with E-state index in [2.05, 4.69) is 20.7 Å². The number of carbonyl (C=O) groups is 1. The molecule has 0 saturated carbocycles. The van der Waals surface area contributed by atoms with Gasteiger partial charge in [0.05, 0.1) is 11.1 Å². The smallest absolute Gasteiger partial charge is 0.272 e. The van der Waals surface area contributed by atoms with Gasteiger partial charge in [0.1, 0.15) is 16.5 Å². The molecule has 0 aliphatic rings. The number of amides is 1. The van der Waals surface area contributed by atoms with Gasteiger partial charge >= 0.3 is 0 Å². The second-order valence-electron chi connectivity index (χ2n) is 3.74. The molecule has 19 heavy (non-hydrogen) atoms. The fraction of sp³-hybridized carbons (Fsp3) is 0.182. The highest BCUT2D eigenvalue weighted by Crippen LogP contribution is 2.19. The van der Waals surface area contributed by atoms with Gasteiger partial charge in [-0.05, 0) is 19.1 Å². The summed E-state index contributed by atoms with van der Waals surface area (Å²) in [5.41, 5.74) is 2.50. The monoisotopic (exact) mass is 297 g/mol. The van der Waals surface area contributed by atoms with Crippen molar-refractivity contribution in [3.63, 3.8) is 0 Å². The Morgan fingerprint density at radius 1 is 1.53 bits per heavy atom. The number of nitrogens with one attached hydrogen (secondary N) is 2. The predicted octanol–water partition coefficient (Wildman–Crippen LogP) is 1.97. The molecule has 1 atom stereocenters. The summed E-state index contributed by atoms with van der Waals surface area (Å²) < 4.78 is 0. The van der Waals surface area contributed by atoms with E-state index in [-0.39, 0.29) is 22.7 Å². The van der Waals surface area contributed by atoms with Crippen LogP contribution in [0.2, 0.25) is 5.02 Å². The fourth-order valence-corrected chi connectivity index (χ4v) is 2.29. The van der Waals surface area contributed by atoms with Crippen LogP contribution < -0.4 is 16.6 Å². The number of hydrogen-bond acceptors (Lipinski definition) is 6. The molecule has 0 aliphatic heterocycles. The van der Waals surface area contributed by atoms with E-state index < -0.39 is 0 Å². The van der Waals surface area contributed by atoms with Crippen LogP contribution in [0.25, 0.3) is 0 Å². The van der Waals surface area contributed by atoms with Crippen LogP contribution in [0.3, 0.4) is 0 Å². The zero-order valence-electron chi connectivity index (χ0n) is 10.1. The molecule has 2 aromatic rings. The number of nitrogens with zero attached hydrogens (tertiary/aromatic N) is 2. The maximum absolute atomic E-state index is 12.1. The summed E-state index contributed by atoms with van der Waals surface area (Å²) in [6, 6.07) is 2.94. The molecule has 2 aromatic heterocycles. The lowest BCUT2D eigenvalue weighted by Crippen LogP contribution is -2.28. The van der Waals surface area contributed by atoms with E-state index in [0.717, 1.165) is 5.01 Å². The number of halogens is 1. The number of aromatic nitrogens is 2. The Labute approximate surface area is 119 Å². The maximum atomic E-state index is 12.1. The first kappa shape index (κ1) is 13.7. The van der Waals surface area contributed by atoms with Crippen molar-refractivity contribution < 1.29 is 4.79 Å². The highest BCUT2D eigenvalue weighted by Gasteiger charge is 2.17. The van der Waals surface area contributed by atoms with Crippen LogP contribution in [-0.2, 0) is 0 Å². The third-order valence-corrected chi connectivity index (χ3v) is 3.64. The van der Waals surface area contributed by atoms with E-state index in [1.807, 2.05) is 12.3 Å². The van der Waals surface area contributed by atoms with Crippen LogP contribution >= 0.6 is 22.9 Å². The van der Waals surface area contributed by atoms with Gasteiger partial charge in [0.2, 0.25) is 0 Å². The van der Waals surface area contributed by atoms with Crippen LogP contribution in [0.4, 0.5) is 5.82 Å². The maximum Gasteiger partial charge on any atom is 0.272 e. The Kier molecular flexibility index (Phi) is 4.31. The highest BCUT2D eigenvalue weighted by molar-refractivity contribution is 7.09. The van der Waals surface area contributed by atoms with E-state index in [1.54, 1.807) is 18.3 Å². The summed E-state index contributed by atoms with van der Waals surface area (Å²) in [4.78, 5) is 20.3. The number of hydrazine groups is 1. The first-order chi connectivity index (χ1) is 9.11. The molecule has 6 nitrogen and oxygen atoms in total. The quantitative estimate of drug-likeness (QED) is 0.592. The number of nitrogen functional groups attached to an aromatic ring is 1. The topological polar surface area (TPSA) is 92.9 Å². The van der Waals surface area contributed by atoms with Gasteiger partial charge in [0, 0.05) is 11.6 Å². The van der Waals surface area contributed by atoms with Crippen molar-refractivity contribution >= 4 is 34.7 Å². The molecule has 4 N–H and O–H groups in total. The third kappa shape index (κ3) is 3.19. The van der Waals surface area contributed by atoms with Crippen molar-refractivity contribution in [2.75, 3.05) is 5.43 Å². The average Bonchev–Trinajstić information content (AvgIpc) is 2.93. The number of rotatable bonds is 4. The number of hydrogen-bond donors (Lipinski definition) is 3. The van der Waals surface area contributed by atoms with Crippen LogP contribution in [0.5, 0.6) is 0 Å². The number of anilines is 1. The summed E-state index contributed by atoms with van der Waals surface area (Å²) in [6.45, 7) is 1.84. The summed E-state index contributed by atoms with van der Waals surface area (Å²) in [6.07, 6.45) is 1.69. The van der Waals surface area contributed by atoms with Gasteiger partial charge in [-0.25, -0.2) is 15.8 Å². The van der Waals surface area contributed by atoms with Gasteiger partial charge in [-0.15, -0.1) is 11.3 Å². The van der Waals surface area contributed by atoms with Crippen LogP contribution in [-0.4, -0.2) is 15.9 Å². The first-order valence-electron chi connectivity index (χ1n) is 5.45. The number of thiazole rings is 1.